The molecular formula is C19H16Cl2N2O4. The minimum Gasteiger partial charge on any atom is -0.497 e. The molecule has 140 valence electrons. The maximum Gasteiger partial charge on any atom is 0.278 e. The molecule has 8 heteroatoms. The molecule has 6 nitrogen and oxygen atoms in total. The number of methoxy groups -OCH3 is 1. The van der Waals surface area contributed by atoms with Gasteiger partial charge in [0.05, 0.1) is 23.4 Å². The van der Waals surface area contributed by atoms with E-state index in [0.29, 0.717) is 32.8 Å². The molecular weight excluding hydrogens is 391 g/mol. The number of amides is 1. The van der Waals surface area contributed by atoms with Crippen molar-refractivity contribution in [1.29, 1.82) is 0 Å². The Bertz CT molecular complexity index is 955. The SMILES string of the molecule is COc1ccc(OCc2c(C(=O)Nc3ccc(Cl)cc3Cl)noc2C)cc1. The van der Waals surface area contributed by atoms with E-state index in [2.05, 4.69) is 10.5 Å². The Morgan fingerprint density at radius 2 is 1.85 bits per heavy atom. The molecule has 0 saturated heterocycles. The van der Waals surface area contributed by atoms with Crippen LogP contribution < -0.4 is 14.8 Å². The topological polar surface area (TPSA) is 73.6 Å². The summed E-state index contributed by atoms with van der Waals surface area (Å²) in [6.07, 6.45) is 0. The van der Waals surface area contributed by atoms with Crippen LogP contribution in [-0.2, 0) is 6.61 Å². The Morgan fingerprint density at radius 3 is 2.52 bits per heavy atom. The van der Waals surface area contributed by atoms with Crippen LogP contribution in [0.2, 0.25) is 10.0 Å². The number of halogens is 2. The first-order chi connectivity index (χ1) is 13.0. The van der Waals surface area contributed by atoms with E-state index in [9.17, 15) is 4.79 Å². The highest BCUT2D eigenvalue weighted by atomic mass is 35.5. The molecule has 0 aliphatic carbocycles. The van der Waals surface area contributed by atoms with Crippen LogP contribution in [0.1, 0.15) is 21.8 Å². The summed E-state index contributed by atoms with van der Waals surface area (Å²) in [4.78, 5) is 12.6. The molecule has 27 heavy (non-hydrogen) atoms. The maximum absolute atomic E-state index is 12.6. The van der Waals surface area contributed by atoms with Crippen molar-refractivity contribution in [2.75, 3.05) is 12.4 Å². The zero-order valence-electron chi connectivity index (χ0n) is 14.6. The van der Waals surface area contributed by atoms with Gasteiger partial charge < -0.3 is 19.3 Å². The third kappa shape index (κ3) is 4.53. The van der Waals surface area contributed by atoms with Crippen molar-refractivity contribution in [2.24, 2.45) is 0 Å². The summed E-state index contributed by atoms with van der Waals surface area (Å²) in [6.45, 7) is 1.84. The van der Waals surface area contributed by atoms with Crippen molar-refractivity contribution in [3.8, 4) is 11.5 Å². The van der Waals surface area contributed by atoms with Gasteiger partial charge in [-0.05, 0) is 49.4 Å². The lowest BCUT2D eigenvalue weighted by molar-refractivity contribution is 0.101. The summed E-state index contributed by atoms with van der Waals surface area (Å²) in [7, 11) is 1.59. The van der Waals surface area contributed by atoms with Gasteiger partial charge in [0, 0.05) is 5.02 Å². The van der Waals surface area contributed by atoms with Gasteiger partial charge >= 0.3 is 0 Å². The molecule has 0 fully saturated rings. The zero-order valence-corrected chi connectivity index (χ0v) is 16.1. The van der Waals surface area contributed by atoms with E-state index in [1.165, 1.54) is 0 Å². The Morgan fingerprint density at radius 1 is 1.15 bits per heavy atom. The fourth-order valence-corrected chi connectivity index (χ4v) is 2.80. The van der Waals surface area contributed by atoms with Crippen LogP contribution in [0.15, 0.2) is 47.0 Å². The Kier molecular flexibility index (Phi) is 5.88. The standard InChI is InChI=1S/C19H16Cl2N2O4/c1-11-15(10-26-14-6-4-13(25-2)5-7-14)18(23-27-11)19(24)22-17-8-3-12(20)9-16(17)21/h3-9H,10H2,1-2H3,(H,22,24). The minimum absolute atomic E-state index is 0.124. The van der Waals surface area contributed by atoms with E-state index in [1.807, 2.05) is 0 Å². The second-order valence-corrected chi connectivity index (χ2v) is 6.45. The summed E-state index contributed by atoms with van der Waals surface area (Å²) in [5.41, 5.74) is 1.11. The van der Waals surface area contributed by atoms with Crippen LogP contribution >= 0.6 is 23.2 Å². The molecule has 0 saturated carbocycles. The van der Waals surface area contributed by atoms with Gasteiger partial charge in [0.2, 0.25) is 0 Å². The van der Waals surface area contributed by atoms with Gasteiger partial charge in [-0.3, -0.25) is 4.79 Å². The maximum atomic E-state index is 12.6. The van der Waals surface area contributed by atoms with E-state index in [-0.39, 0.29) is 12.3 Å². The van der Waals surface area contributed by atoms with E-state index in [0.717, 1.165) is 5.75 Å². The highest BCUT2D eigenvalue weighted by Gasteiger charge is 2.21. The van der Waals surface area contributed by atoms with Crippen molar-refractivity contribution in [3.63, 3.8) is 0 Å². The number of nitrogens with one attached hydrogen (secondary N) is 1. The molecule has 1 amide bonds. The number of carbonyl (C=O) groups excluding carboxylic acids is 1. The molecule has 1 N–H and O–H groups in total. The highest BCUT2D eigenvalue weighted by molar-refractivity contribution is 6.36. The first-order valence-corrected chi connectivity index (χ1v) is 8.72. The molecule has 0 aliphatic heterocycles. The molecule has 0 bridgehead atoms. The number of ether oxygens (including phenoxy) is 2. The number of benzene rings is 2. The number of carbonyl (C=O) groups is 1. The predicted octanol–water partition coefficient (Wildman–Crippen LogP) is 5.13. The number of nitrogens with zero attached hydrogens (tertiary/aromatic N) is 1. The molecule has 0 radical (unpaired) electrons. The lowest BCUT2D eigenvalue weighted by Gasteiger charge is -2.09. The normalized spacial score (nSPS) is 10.5. The molecule has 0 spiro atoms. The van der Waals surface area contributed by atoms with Crippen molar-refractivity contribution >= 4 is 34.8 Å². The van der Waals surface area contributed by atoms with Crippen molar-refractivity contribution in [2.45, 2.75) is 13.5 Å². The van der Waals surface area contributed by atoms with Crippen molar-refractivity contribution < 1.29 is 18.8 Å². The predicted molar refractivity (Wildman–Crippen MR) is 103 cm³/mol. The van der Waals surface area contributed by atoms with E-state index >= 15 is 0 Å². The fourth-order valence-electron chi connectivity index (χ4n) is 2.34. The molecule has 0 unspecified atom stereocenters. The first kappa shape index (κ1) is 19.1. The van der Waals surface area contributed by atoms with E-state index in [4.69, 9.17) is 37.2 Å². The number of hydrogen-bond donors (Lipinski definition) is 1. The number of anilines is 1. The van der Waals surface area contributed by atoms with Crippen LogP contribution in [0.4, 0.5) is 5.69 Å². The van der Waals surface area contributed by atoms with Crippen LogP contribution in [0.25, 0.3) is 0 Å². The number of aromatic nitrogens is 1. The van der Waals surface area contributed by atoms with Gasteiger partial charge in [-0.25, -0.2) is 0 Å². The molecule has 0 atom stereocenters. The Labute approximate surface area is 166 Å². The van der Waals surface area contributed by atoms with Gasteiger partial charge in [0.1, 0.15) is 23.9 Å². The van der Waals surface area contributed by atoms with E-state index < -0.39 is 5.91 Å². The molecule has 3 aromatic rings. The van der Waals surface area contributed by atoms with E-state index in [1.54, 1.807) is 56.5 Å². The van der Waals surface area contributed by atoms with Gasteiger partial charge in [0.15, 0.2) is 5.69 Å². The van der Waals surface area contributed by atoms with Crippen LogP contribution in [0, 0.1) is 6.92 Å². The zero-order chi connectivity index (χ0) is 19.4. The second-order valence-electron chi connectivity index (χ2n) is 5.61. The summed E-state index contributed by atoms with van der Waals surface area (Å²) in [5.74, 6) is 1.40. The number of aryl methyl sites for hydroxylation is 1. The monoisotopic (exact) mass is 406 g/mol. The second kappa shape index (κ2) is 8.33. The number of hydrogen-bond acceptors (Lipinski definition) is 5. The highest BCUT2D eigenvalue weighted by Crippen LogP contribution is 2.27. The largest absolute Gasteiger partial charge is 0.497 e. The van der Waals surface area contributed by atoms with Crippen molar-refractivity contribution in [1.82, 2.24) is 5.16 Å². The molecule has 3 rings (SSSR count). The average Bonchev–Trinajstić information content (AvgIpc) is 3.03. The summed E-state index contributed by atoms with van der Waals surface area (Å²) < 4.78 is 16.0. The fraction of sp³-hybridized carbons (Fsp3) is 0.158. The third-order valence-electron chi connectivity index (χ3n) is 3.82. The van der Waals surface area contributed by atoms with Crippen molar-refractivity contribution in [3.05, 3.63) is 69.5 Å². The molecule has 0 aliphatic rings. The van der Waals surface area contributed by atoms with Gasteiger partial charge in [-0.15, -0.1) is 0 Å². The number of rotatable bonds is 6. The van der Waals surface area contributed by atoms with Gasteiger partial charge in [-0.2, -0.15) is 0 Å². The summed E-state index contributed by atoms with van der Waals surface area (Å²) in [6, 6.07) is 11.9. The first-order valence-electron chi connectivity index (χ1n) is 7.96. The quantitative estimate of drug-likeness (QED) is 0.613. The van der Waals surface area contributed by atoms with Crippen LogP contribution in [0.3, 0.4) is 0 Å². The summed E-state index contributed by atoms with van der Waals surface area (Å²) >= 11 is 12.0. The van der Waals surface area contributed by atoms with Gasteiger partial charge in [-0.1, -0.05) is 28.4 Å². The minimum atomic E-state index is -0.454. The third-order valence-corrected chi connectivity index (χ3v) is 4.37. The van der Waals surface area contributed by atoms with Gasteiger partial charge in [0.25, 0.3) is 5.91 Å². The Hall–Kier alpha value is -2.70. The lowest BCUT2D eigenvalue weighted by Crippen LogP contribution is -2.15. The molecule has 2 aromatic carbocycles. The lowest BCUT2D eigenvalue weighted by atomic mass is 10.2. The summed E-state index contributed by atoms with van der Waals surface area (Å²) in [5, 5.41) is 7.34. The molecule has 1 aromatic heterocycles. The molecule has 1 heterocycles. The van der Waals surface area contributed by atoms with Crippen LogP contribution in [0.5, 0.6) is 11.5 Å². The Balaban J connectivity index is 1.74. The van der Waals surface area contributed by atoms with Crippen LogP contribution in [-0.4, -0.2) is 18.2 Å². The average molecular weight is 407 g/mol. The smallest absolute Gasteiger partial charge is 0.278 e.